The molecule has 0 saturated heterocycles. The van der Waals surface area contributed by atoms with Gasteiger partial charge >= 0.3 is 0 Å². The van der Waals surface area contributed by atoms with E-state index in [9.17, 15) is 0 Å². The predicted molar refractivity (Wildman–Crippen MR) is 94.7 cm³/mol. The third kappa shape index (κ3) is 3.04. The lowest BCUT2D eigenvalue weighted by Gasteiger charge is -2.14. The fourth-order valence-corrected chi connectivity index (χ4v) is 3.40. The molecule has 2 heterocycles. The maximum absolute atomic E-state index is 4.81. The number of hydrogen-bond donors (Lipinski definition) is 1. The van der Waals surface area contributed by atoms with Crippen molar-refractivity contribution in [1.82, 2.24) is 19.7 Å². The van der Waals surface area contributed by atoms with Gasteiger partial charge < -0.3 is 5.32 Å². The van der Waals surface area contributed by atoms with Gasteiger partial charge in [-0.05, 0) is 49.3 Å². The molecule has 5 nitrogen and oxygen atoms in total. The summed E-state index contributed by atoms with van der Waals surface area (Å²) in [7, 11) is 1.95. The van der Waals surface area contributed by atoms with E-state index in [1.165, 1.54) is 0 Å². The van der Waals surface area contributed by atoms with Gasteiger partial charge in [0.05, 0.1) is 20.5 Å². The summed E-state index contributed by atoms with van der Waals surface area (Å²) < 4.78 is 2.99. The lowest BCUT2D eigenvalue weighted by atomic mass is 10.1. The minimum Gasteiger partial charge on any atom is -0.369 e. The lowest BCUT2D eigenvalue weighted by Crippen LogP contribution is -2.09. The Morgan fingerprint density at radius 3 is 2.38 bits per heavy atom. The first-order valence-electron chi connectivity index (χ1n) is 7.18. The van der Waals surface area contributed by atoms with Crippen molar-refractivity contribution in [3.63, 3.8) is 0 Å². The Kier molecular flexibility index (Phi) is 4.85. The standard InChI is InChI=1S/C15H22IN5/c1-7-17-15-12(16)13(8(2)3)18-14(19-15)11-9(4)20-21(6)10(11)5/h8H,7H2,1-6H3,(H,17,18,19). The van der Waals surface area contributed by atoms with E-state index >= 15 is 0 Å². The molecule has 0 unspecified atom stereocenters. The first-order chi connectivity index (χ1) is 9.86. The number of nitrogens with one attached hydrogen (secondary N) is 1. The van der Waals surface area contributed by atoms with Gasteiger partial charge in [-0.25, -0.2) is 9.97 Å². The Labute approximate surface area is 139 Å². The average Bonchev–Trinajstić information content (AvgIpc) is 2.66. The number of aryl methyl sites for hydroxylation is 2. The Morgan fingerprint density at radius 1 is 1.24 bits per heavy atom. The van der Waals surface area contributed by atoms with Crippen LogP contribution in [0.1, 0.15) is 43.8 Å². The minimum absolute atomic E-state index is 0.355. The van der Waals surface area contributed by atoms with Crippen LogP contribution in [-0.4, -0.2) is 26.3 Å². The molecule has 0 aliphatic rings. The molecule has 0 amide bonds. The highest BCUT2D eigenvalue weighted by molar-refractivity contribution is 14.1. The molecule has 2 aromatic rings. The van der Waals surface area contributed by atoms with Crippen molar-refractivity contribution in [3.05, 3.63) is 20.7 Å². The number of anilines is 1. The highest BCUT2D eigenvalue weighted by atomic mass is 127. The molecule has 2 aromatic heterocycles. The SMILES string of the molecule is CCNc1nc(-c2c(C)nn(C)c2C)nc(C(C)C)c1I. The van der Waals surface area contributed by atoms with E-state index in [1.54, 1.807) is 0 Å². The first-order valence-corrected chi connectivity index (χ1v) is 8.26. The van der Waals surface area contributed by atoms with Crippen LogP contribution >= 0.6 is 22.6 Å². The van der Waals surface area contributed by atoms with Gasteiger partial charge in [0, 0.05) is 19.3 Å². The number of hydrogen-bond acceptors (Lipinski definition) is 4. The fraction of sp³-hybridized carbons (Fsp3) is 0.533. The summed E-state index contributed by atoms with van der Waals surface area (Å²) in [5, 5.41) is 7.82. The number of aromatic nitrogens is 4. The van der Waals surface area contributed by atoms with Crippen LogP contribution in [0.3, 0.4) is 0 Å². The van der Waals surface area contributed by atoms with Gasteiger partial charge in [-0.3, -0.25) is 4.68 Å². The van der Waals surface area contributed by atoms with Crippen LogP contribution in [0.15, 0.2) is 0 Å². The summed E-state index contributed by atoms with van der Waals surface area (Å²) in [6, 6.07) is 0. The van der Waals surface area contributed by atoms with E-state index in [4.69, 9.17) is 9.97 Å². The number of rotatable bonds is 4. The molecule has 114 valence electrons. The lowest BCUT2D eigenvalue weighted by molar-refractivity contribution is 0.731. The zero-order chi connectivity index (χ0) is 15.7. The van der Waals surface area contributed by atoms with E-state index in [0.29, 0.717) is 5.92 Å². The molecular formula is C15H22IN5. The molecule has 0 bridgehead atoms. The third-order valence-corrected chi connectivity index (χ3v) is 4.56. The van der Waals surface area contributed by atoms with E-state index in [1.807, 2.05) is 18.7 Å². The van der Waals surface area contributed by atoms with Gasteiger partial charge in [0.25, 0.3) is 0 Å². The van der Waals surface area contributed by atoms with Crippen molar-refractivity contribution in [2.24, 2.45) is 7.05 Å². The molecule has 2 rings (SSSR count). The van der Waals surface area contributed by atoms with Crippen molar-refractivity contribution in [2.45, 2.75) is 40.5 Å². The van der Waals surface area contributed by atoms with Crippen LogP contribution in [0, 0.1) is 17.4 Å². The highest BCUT2D eigenvalue weighted by Gasteiger charge is 2.20. The monoisotopic (exact) mass is 399 g/mol. The molecule has 0 aliphatic carbocycles. The Morgan fingerprint density at radius 2 is 1.90 bits per heavy atom. The molecule has 0 saturated carbocycles. The van der Waals surface area contributed by atoms with Gasteiger partial charge in [-0.15, -0.1) is 0 Å². The van der Waals surface area contributed by atoms with E-state index in [0.717, 1.165) is 44.4 Å². The second-order valence-corrected chi connectivity index (χ2v) is 6.53. The van der Waals surface area contributed by atoms with Crippen molar-refractivity contribution in [2.75, 3.05) is 11.9 Å². The second-order valence-electron chi connectivity index (χ2n) is 5.45. The zero-order valence-electron chi connectivity index (χ0n) is 13.5. The Bertz CT molecular complexity index is 661. The summed E-state index contributed by atoms with van der Waals surface area (Å²) >= 11 is 2.33. The summed E-state index contributed by atoms with van der Waals surface area (Å²) in [5.41, 5.74) is 4.17. The molecule has 1 N–H and O–H groups in total. The van der Waals surface area contributed by atoms with Gasteiger partial charge in [0.2, 0.25) is 0 Å². The predicted octanol–water partition coefficient (Wildman–Crippen LogP) is 3.65. The van der Waals surface area contributed by atoms with Crippen LogP contribution in [0.5, 0.6) is 0 Å². The second kappa shape index (κ2) is 6.29. The van der Waals surface area contributed by atoms with Crippen LogP contribution < -0.4 is 5.32 Å². The molecule has 0 fully saturated rings. The largest absolute Gasteiger partial charge is 0.369 e. The minimum atomic E-state index is 0.355. The number of nitrogens with zero attached hydrogens (tertiary/aromatic N) is 4. The van der Waals surface area contributed by atoms with Gasteiger partial charge in [-0.1, -0.05) is 13.8 Å². The third-order valence-electron chi connectivity index (χ3n) is 3.50. The molecule has 21 heavy (non-hydrogen) atoms. The molecule has 0 atom stereocenters. The molecular weight excluding hydrogens is 377 g/mol. The first kappa shape index (κ1) is 16.2. The van der Waals surface area contributed by atoms with Gasteiger partial charge in [-0.2, -0.15) is 5.10 Å². The van der Waals surface area contributed by atoms with Crippen LogP contribution in [-0.2, 0) is 7.05 Å². The average molecular weight is 399 g/mol. The Balaban J connectivity index is 2.69. The zero-order valence-corrected chi connectivity index (χ0v) is 15.6. The van der Waals surface area contributed by atoms with Crippen LogP contribution in [0.4, 0.5) is 5.82 Å². The smallest absolute Gasteiger partial charge is 0.165 e. The van der Waals surface area contributed by atoms with Crippen LogP contribution in [0.2, 0.25) is 0 Å². The Hall–Kier alpha value is -1.18. The quantitative estimate of drug-likeness (QED) is 0.798. The van der Waals surface area contributed by atoms with Crippen molar-refractivity contribution < 1.29 is 0 Å². The summed E-state index contributed by atoms with van der Waals surface area (Å²) in [6.45, 7) is 11.3. The highest BCUT2D eigenvalue weighted by Crippen LogP contribution is 2.30. The molecule has 6 heteroatoms. The molecule has 0 aromatic carbocycles. The van der Waals surface area contributed by atoms with E-state index in [-0.39, 0.29) is 0 Å². The van der Waals surface area contributed by atoms with E-state index < -0.39 is 0 Å². The van der Waals surface area contributed by atoms with Gasteiger partial charge in [0.15, 0.2) is 5.82 Å². The molecule has 0 radical (unpaired) electrons. The molecule has 0 spiro atoms. The summed E-state index contributed by atoms with van der Waals surface area (Å²) in [5.74, 6) is 2.03. The van der Waals surface area contributed by atoms with E-state index in [2.05, 4.69) is 60.7 Å². The molecule has 0 aliphatic heterocycles. The fourth-order valence-electron chi connectivity index (χ4n) is 2.34. The maximum Gasteiger partial charge on any atom is 0.165 e. The summed E-state index contributed by atoms with van der Waals surface area (Å²) in [6.07, 6.45) is 0. The summed E-state index contributed by atoms with van der Waals surface area (Å²) in [4.78, 5) is 9.54. The van der Waals surface area contributed by atoms with Gasteiger partial charge in [0.1, 0.15) is 5.82 Å². The maximum atomic E-state index is 4.81. The number of halogens is 1. The van der Waals surface area contributed by atoms with Crippen molar-refractivity contribution >= 4 is 28.4 Å². The normalized spacial score (nSPS) is 11.2. The topological polar surface area (TPSA) is 55.6 Å². The van der Waals surface area contributed by atoms with Crippen molar-refractivity contribution in [3.8, 4) is 11.4 Å². The van der Waals surface area contributed by atoms with Crippen molar-refractivity contribution in [1.29, 1.82) is 0 Å². The van der Waals surface area contributed by atoms with Crippen LogP contribution in [0.25, 0.3) is 11.4 Å².